The molecule has 0 amide bonds. The minimum Gasteiger partial charge on any atom is -0.309 e. The molecule has 3 heterocycles. The summed E-state index contributed by atoms with van der Waals surface area (Å²) in [6.45, 7) is 0. The molecule has 0 atom stereocenters. The number of benzene rings is 9. The second kappa shape index (κ2) is 14.7. The average molecular weight is 791 g/mol. The summed E-state index contributed by atoms with van der Waals surface area (Å²) in [4.78, 5) is 9.79. The number of para-hydroxylation sites is 3. The normalized spacial score (nSPS) is 11.5. The first kappa shape index (κ1) is 35.6. The van der Waals surface area contributed by atoms with Crippen LogP contribution in [0.15, 0.2) is 231 Å². The van der Waals surface area contributed by atoms with Crippen LogP contribution < -0.4 is 0 Å². The van der Waals surface area contributed by atoms with Gasteiger partial charge < -0.3 is 9.13 Å². The van der Waals surface area contributed by atoms with Crippen LogP contribution in [-0.4, -0.2) is 19.1 Å². The Morgan fingerprint density at radius 1 is 0.274 bits per heavy atom. The molecule has 0 saturated carbocycles. The molecule has 0 N–H and O–H groups in total. The number of hydrogen-bond acceptors (Lipinski definition) is 2. The molecule has 0 bridgehead atoms. The van der Waals surface area contributed by atoms with Crippen molar-refractivity contribution in [1.29, 1.82) is 0 Å². The fourth-order valence-electron chi connectivity index (χ4n) is 9.20. The lowest BCUT2D eigenvalue weighted by molar-refractivity contribution is 1.16. The Hall–Kier alpha value is -8.34. The Kier molecular flexibility index (Phi) is 8.46. The van der Waals surface area contributed by atoms with Crippen LogP contribution >= 0.6 is 0 Å². The van der Waals surface area contributed by atoms with E-state index in [2.05, 4.69) is 221 Å². The molecule has 0 aliphatic carbocycles. The van der Waals surface area contributed by atoms with Crippen LogP contribution in [-0.2, 0) is 0 Å². The standard InChI is InChI=1S/C58H38N4/c1-3-12-39(13-4-1)40-22-24-41(25-23-40)43-14-11-15-46(36-43)53-34-35-59-58(60-53)42-26-30-48(31-27-42)61-55-21-10-8-19-50(55)52-37-44(29-33-56(52)61)45-28-32-51-49-18-7-9-20-54(49)62(57(51)38-45)47-16-5-2-6-17-47/h1-38H. The SMILES string of the molecule is c1ccc(-c2ccc(-c3cccc(-c4ccnc(-c5ccc(-n6c7ccccc7c7cc(-c8ccc9c%10ccccc%10n(-c%10ccccc%10)c9c8)ccc76)cc5)n4)c3)cc2)cc1. The highest BCUT2D eigenvalue weighted by Crippen LogP contribution is 2.39. The predicted octanol–water partition coefficient (Wildman–Crippen LogP) is 15.0. The van der Waals surface area contributed by atoms with Crippen molar-refractivity contribution in [2.24, 2.45) is 0 Å². The van der Waals surface area contributed by atoms with Gasteiger partial charge in [0.2, 0.25) is 0 Å². The van der Waals surface area contributed by atoms with E-state index >= 15 is 0 Å². The molecule has 3 aromatic heterocycles. The highest BCUT2D eigenvalue weighted by Gasteiger charge is 2.17. The Balaban J connectivity index is 0.872. The largest absolute Gasteiger partial charge is 0.309 e. The Bertz CT molecular complexity index is 3600. The van der Waals surface area contributed by atoms with E-state index in [1.807, 2.05) is 18.3 Å². The summed E-state index contributed by atoms with van der Waals surface area (Å²) >= 11 is 0. The van der Waals surface area contributed by atoms with Gasteiger partial charge in [-0.2, -0.15) is 0 Å². The van der Waals surface area contributed by atoms with Gasteiger partial charge in [0.25, 0.3) is 0 Å². The molecule has 0 fully saturated rings. The minimum absolute atomic E-state index is 0.696. The van der Waals surface area contributed by atoms with E-state index in [-0.39, 0.29) is 0 Å². The maximum atomic E-state index is 5.07. The van der Waals surface area contributed by atoms with Crippen LogP contribution in [0.5, 0.6) is 0 Å². The van der Waals surface area contributed by atoms with Crippen LogP contribution in [0.3, 0.4) is 0 Å². The van der Waals surface area contributed by atoms with E-state index in [4.69, 9.17) is 9.97 Å². The van der Waals surface area contributed by atoms with Gasteiger partial charge in [-0.05, 0) is 112 Å². The van der Waals surface area contributed by atoms with Crippen molar-refractivity contribution in [3.63, 3.8) is 0 Å². The van der Waals surface area contributed by atoms with Crippen LogP contribution in [0, 0.1) is 0 Å². The molecule has 0 aliphatic rings. The van der Waals surface area contributed by atoms with Gasteiger partial charge in [0.15, 0.2) is 5.82 Å². The Morgan fingerprint density at radius 2 is 0.758 bits per heavy atom. The quantitative estimate of drug-likeness (QED) is 0.161. The van der Waals surface area contributed by atoms with Crippen LogP contribution in [0.4, 0.5) is 0 Å². The maximum absolute atomic E-state index is 5.07. The fourth-order valence-corrected chi connectivity index (χ4v) is 9.20. The number of rotatable bonds is 7. The number of aromatic nitrogens is 4. The van der Waals surface area contributed by atoms with E-state index in [1.54, 1.807) is 0 Å². The van der Waals surface area contributed by atoms with E-state index < -0.39 is 0 Å². The van der Waals surface area contributed by atoms with E-state index in [0.29, 0.717) is 5.82 Å². The van der Waals surface area contributed by atoms with E-state index in [0.717, 1.165) is 39.3 Å². The number of fused-ring (bicyclic) bond motifs is 6. The fraction of sp³-hybridized carbons (Fsp3) is 0. The summed E-state index contributed by atoms with van der Waals surface area (Å²) in [6, 6.07) is 80.3. The summed E-state index contributed by atoms with van der Waals surface area (Å²) in [5.74, 6) is 0.696. The van der Waals surface area contributed by atoms with Crippen molar-refractivity contribution >= 4 is 43.6 Å². The lowest BCUT2D eigenvalue weighted by atomic mass is 9.98. The smallest absolute Gasteiger partial charge is 0.159 e. The van der Waals surface area contributed by atoms with Gasteiger partial charge in [-0.15, -0.1) is 0 Å². The molecule has 4 heteroatoms. The molecule has 0 spiro atoms. The molecule has 12 rings (SSSR count). The van der Waals surface area contributed by atoms with Crippen molar-refractivity contribution in [1.82, 2.24) is 19.1 Å². The zero-order valence-corrected chi connectivity index (χ0v) is 33.7. The second-order valence-electron chi connectivity index (χ2n) is 15.8. The summed E-state index contributed by atoms with van der Waals surface area (Å²) in [7, 11) is 0. The third-order valence-corrected chi connectivity index (χ3v) is 12.2. The maximum Gasteiger partial charge on any atom is 0.159 e. The van der Waals surface area contributed by atoms with Crippen LogP contribution in [0.25, 0.3) is 111 Å². The van der Waals surface area contributed by atoms with Gasteiger partial charge in [0, 0.05) is 50.2 Å². The second-order valence-corrected chi connectivity index (χ2v) is 15.8. The molecular formula is C58H38N4. The van der Waals surface area contributed by atoms with Gasteiger partial charge in [0.05, 0.1) is 27.8 Å². The molecule has 0 aliphatic heterocycles. The first-order valence-electron chi connectivity index (χ1n) is 21.1. The summed E-state index contributed by atoms with van der Waals surface area (Å²) in [5.41, 5.74) is 17.0. The molecule has 0 saturated heterocycles. The van der Waals surface area contributed by atoms with Crippen molar-refractivity contribution < 1.29 is 0 Å². The zero-order chi connectivity index (χ0) is 41.0. The lowest BCUT2D eigenvalue weighted by Gasteiger charge is -2.11. The van der Waals surface area contributed by atoms with Gasteiger partial charge in [-0.25, -0.2) is 9.97 Å². The summed E-state index contributed by atoms with van der Waals surface area (Å²) < 4.78 is 4.75. The first-order chi connectivity index (χ1) is 30.7. The third kappa shape index (κ3) is 6.08. The minimum atomic E-state index is 0.696. The molecule has 12 aromatic rings. The van der Waals surface area contributed by atoms with Gasteiger partial charge in [-0.3, -0.25) is 0 Å². The highest BCUT2D eigenvalue weighted by molar-refractivity contribution is 6.12. The Morgan fingerprint density at radius 3 is 1.52 bits per heavy atom. The molecule has 4 nitrogen and oxygen atoms in total. The first-order valence-corrected chi connectivity index (χ1v) is 21.1. The van der Waals surface area contributed by atoms with Gasteiger partial charge in [0.1, 0.15) is 0 Å². The molecule has 9 aromatic carbocycles. The van der Waals surface area contributed by atoms with Crippen LogP contribution in [0.1, 0.15) is 0 Å². The monoisotopic (exact) mass is 790 g/mol. The molecular weight excluding hydrogens is 753 g/mol. The zero-order valence-electron chi connectivity index (χ0n) is 33.7. The predicted molar refractivity (Wildman–Crippen MR) is 258 cm³/mol. The molecule has 290 valence electrons. The average Bonchev–Trinajstić information content (AvgIpc) is 3.87. The highest BCUT2D eigenvalue weighted by atomic mass is 15.0. The van der Waals surface area contributed by atoms with E-state index in [9.17, 15) is 0 Å². The van der Waals surface area contributed by atoms with Gasteiger partial charge >= 0.3 is 0 Å². The lowest BCUT2D eigenvalue weighted by Crippen LogP contribution is -1.95. The van der Waals surface area contributed by atoms with Crippen molar-refractivity contribution in [3.05, 3.63) is 231 Å². The Labute approximate surface area is 359 Å². The van der Waals surface area contributed by atoms with Crippen molar-refractivity contribution in [2.75, 3.05) is 0 Å². The molecule has 62 heavy (non-hydrogen) atoms. The molecule has 0 radical (unpaired) electrons. The summed E-state index contributed by atoms with van der Waals surface area (Å²) in [5, 5.41) is 4.95. The van der Waals surface area contributed by atoms with E-state index in [1.165, 1.54) is 65.9 Å². The number of hydrogen-bond donors (Lipinski definition) is 0. The summed E-state index contributed by atoms with van der Waals surface area (Å²) in [6.07, 6.45) is 1.86. The van der Waals surface area contributed by atoms with Gasteiger partial charge in [-0.1, -0.05) is 146 Å². The third-order valence-electron chi connectivity index (χ3n) is 12.2. The molecule has 0 unspecified atom stereocenters. The topological polar surface area (TPSA) is 35.6 Å². The van der Waals surface area contributed by atoms with Crippen molar-refractivity contribution in [3.8, 4) is 67.4 Å². The van der Waals surface area contributed by atoms with Crippen LogP contribution in [0.2, 0.25) is 0 Å². The number of nitrogens with zero attached hydrogens (tertiary/aromatic N) is 4. The van der Waals surface area contributed by atoms with Crippen molar-refractivity contribution in [2.45, 2.75) is 0 Å².